The maximum atomic E-state index is 11.4. The van der Waals surface area contributed by atoms with Crippen molar-refractivity contribution in [1.29, 1.82) is 0 Å². The van der Waals surface area contributed by atoms with Crippen molar-refractivity contribution < 1.29 is 14.3 Å². The molecule has 0 aromatic heterocycles. The highest BCUT2D eigenvalue weighted by molar-refractivity contribution is 5.81. The number of hydrogen-bond donors (Lipinski definition) is 3. The van der Waals surface area contributed by atoms with Gasteiger partial charge in [0.15, 0.2) is 0 Å². The molecule has 0 radical (unpaired) electrons. The number of hydrogen-bond acceptors (Lipinski definition) is 4. The molecule has 15 heavy (non-hydrogen) atoms. The topological polar surface area (TPSA) is 107 Å². The van der Waals surface area contributed by atoms with Gasteiger partial charge in [0.25, 0.3) is 0 Å². The molecule has 2 amide bonds. The minimum Gasteiger partial charge on any atom is -0.448 e. The number of nitrogens with one attached hydrogen (secondary N) is 1. The Labute approximate surface area is 89.3 Å². The monoisotopic (exact) mass is 217 g/mol. The van der Waals surface area contributed by atoms with Crippen LogP contribution in [0.2, 0.25) is 0 Å². The van der Waals surface area contributed by atoms with Crippen LogP contribution in [-0.4, -0.2) is 31.2 Å². The highest BCUT2D eigenvalue weighted by atomic mass is 16.5. The van der Waals surface area contributed by atoms with Gasteiger partial charge >= 0.3 is 6.09 Å². The number of rotatable bonds is 6. The van der Waals surface area contributed by atoms with Gasteiger partial charge in [0.05, 0.1) is 12.6 Å². The van der Waals surface area contributed by atoms with Crippen LogP contribution in [0, 0.1) is 5.92 Å². The van der Waals surface area contributed by atoms with E-state index in [1.807, 2.05) is 13.8 Å². The molecule has 88 valence electrons. The summed E-state index contributed by atoms with van der Waals surface area (Å²) in [7, 11) is 0. The standard InChI is InChI=1S/C9H19N3O3/c1-3-6(2)7(10)8(13)12-4-5-15-9(11)14/h6-7H,3-5,10H2,1-2H3,(H2,11,14)(H,12,13)/t6-,7-/m0/s1. The largest absolute Gasteiger partial charge is 0.448 e. The van der Waals surface area contributed by atoms with Crippen LogP contribution < -0.4 is 16.8 Å². The van der Waals surface area contributed by atoms with E-state index in [1.54, 1.807) is 0 Å². The molecule has 0 aromatic rings. The molecule has 0 rings (SSSR count). The molecular weight excluding hydrogens is 198 g/mol. The molecule has 0 aliphatic rings. The van der Waals surface area contributed by atoms with Crippen LogP contribution in [0.25, 0.3) is 0 Å². The first kappa shape index (κ1) is 13.7. The molecule has 0 fully saturated rings. The Morgan fingerprint density at radius 3 is 2.53 bits per heavy atom. The van der Waals surface area contributed by atoms with Gasteiger partial charge in [-0.05, 0) is 5.92 Å². The van der Waals surface area contributed by atoms with Crippen molar-refractivity contribution in [1.82, 2.24) is 5.32 Å². The van der Waals surface area contributed by atoms with Gasteiger partial charge in [-0.25, -0.2) is 4.79 Å². The first-order valence-corrected chi connectivity index (χ1v) is 4.94. The van der Waals surface area contributed by atoms with Crippen LogP contribution in [0.1, 0.15) is 20.3 Å². The molecule has 0 spiro atoms. The summed E-state index contributed by atoms with van der Waals surface area (Å²) in [5.74, 6) is -0.112. The zero-order valence-electron chi connectivity index (χ0n) is 9.16. The summed E-state index contributed by atoms with van der Waals surface area (Å²) in [5.41, 5.74) is 10.4. The zero-order chi connectivity index (χ0) is 11.8. The molecule has 0 saturated carbocycles. The third kappa shape index (κ3) is 5.90. The predicted octanol–water partition coefficient (Wildman–Crippen LogP) is -0.429. The second-order valence-electron chi connectivity index (χ2n) is 3.37. The van der Waals surface area contributed by atoms with E-state index >= 15 is 0 Å². The van der Waals surface area contributed by atoms with Crippen molar-refractivity contribution >= 4 is 12.0 Å². The van der Waals surface area contributed by atoms with Crippen molar-refractivity contribution in [3.05, 3.63) is 0 Å². The third-order valence-electron chi connectivity index (χ3n) is 2.21. The van der Waals surface area contributed by atoms with Gasteiger partial charge in [-0.2, -0.15) is 0 Å². The number of nitrogens with two attached hydrogens (primary N) is 2. The first-order valence-electron chi connectivity index (χ1n) is 4.94. The van der Waals surface area contributed by atoms with E-state index in [-0.39, 0.29) is 25.0 Å². The van der Waals surface area contributed by atoms with Crippen LogP contribution in [0.15, 0.2) is 0 Å². The SMILES string of the molecule is CC[C@H](C)[C@H](N)C(=O)NCCOC(N)=O. The summed E-state index contributed by atoms with van der Waals surface area (Å²) in [5, 5.41) is 2.56. The fourth-order valence-corrected chi connectivity index (χ4v) is 0.956. The molecule has 5 N–H and O–H groups in total. The highest BCUT2D eigenvalue weighted by Gasteiger charge is 2.18. The maximum Gasteiger partial charge on any atom is 0.404 e. The molecule has 0 bridgehead atoms. The van der Waals surface area contributed by atoms with E-state index in [2.05, 4.69) is 10.1 Å². The Morgan fingerprint density at radius 2 is 2.07 bits per heavy atom. The summed E-state index contributed by atoms with van der Waals surface area (Å²) in [4.78, 5) is 21.6. The molecule has 6 nitrogen and oxygen atoms in total. The molecule has 2 atom stereocenters. The molecule has 0 unspecified atom stereocenters. The van der Waals surface area contributed by atoms with Crippen molar-refractivity contribution in [3.8, 4) is 0 Å². The lowest BCUT2D eigenvalue weighted by molar-refractivity contribution is -0.123. The molecule has 0 aliphatic heterocycles. The minimum absolute atomic E-state index is 0.0638. The Bertz CT molecular complexity index is 221. The summed E-state index contributed by atoms with van der Waals surface area (Å²) in [6.07, 6.45) is -0.0118. The van der Waals surface area contributed by atoms with Gasteiger partial charge in [0, 0.05) is 0 Å². The van der Waals surface area contributed by atoms with Crippen LogP contribution in [0.4, 0.5) is 4.79 Å². The van der Waals surface area contributed by atoms with Gasteiger partial charge in [0.2, 0.25) is 5.91 Å². The van der Waals surface area contributed by atoms with E-state index in [9.17, 15) is 9.59 Å². The van der Waals surface area contributed by atoms with Crippen LogP contribution >= 0.6 is 0 Å². The number of carbonyl (C=O) groups is 2. The lowest BCUT2D eigenvalue weighted by Gasteiger charge is -2.17. The van der Waals surface area contributed by atoms with E-state index in [1.165, 1.54) is 0 Å². The summed E-state index contributed by atoms with van der Waals surface area (Å²) < 4.78 is 4.44. The Kier molecular flexibility index (Phi) is 6.44. The maximum absolute atomic E-state index is 11.4. The zero-order valence-corrected chi connectivity index (χ0v) is 9.16. The molecular formula is C9H19N3O3. The van der Waals surface area contributed by atoms with Gasteiger partial charge in [-0.1, -0.05) is 20.3 Å². The highest BCUT2D eigenvalue weighted by Crippen LogP contribution is 2.04. The lowest BCUT2D eigenvalue weighted by atomic mass is 9.99. The van der Waals surface area contributed by atoms with E-state index in [0.29, 0.717) is 0 Å². The molecule has 6 heteroatoms. The Morgan fingerprint density at radius 1 is 1.47 bits per heavy atom. The van der Waals surface area contributed by atoms with Crippen LogP contribution in [0.5, 0.6) is 0 Å². The Hall–Kier alpha value is -1.30. The van der Waals surface area contributed by atoms with Crippen molar-refractivity contribution in [2.24, 2.45) is 17.4 Å². The van der Waals surface area contributed by atoms with Crippen LogP contribution in [0.3, 0.4) is 0 Å². The average molecular weight is 217 g/mol. The summed E-state index contributed by atoms with van der Waals surface area (Å²) in [6.45, 7) is 4.17. The average Bonchev–Trinajstić information content (AvgIpc) is 2.21. The van der Waals surface area contributed by atoms with Gasteiger partial charge in [-0.15, -0.1) is 0 Å². The number of amides is 2. The normalized spacial score (nSPS) is 14.1. The summed E-state index contributed by atoms with van der Waals surface area (Å²) >= 11 is 0. The van der Waals surface area contributed by atoms with Crippen molar-refractivity contribution in [2.75, 3.05) is 13.2 Å². The molecule has 0 heterocycles. The number of primary amides is 1. The molecule has 0 aliphatic carbocycles. The van der Waals surface area contributed by atoms with Crippen molar-refractivity contribution in [2.45, 2.75) is 26.3 Å². The second-order valence-corrected chi connectivity index (χ2v) is 3.37. The number of carbonyl (C=O) groups excluding carboxylic acids is 2. The van der Waals surface area contributed by atoms with Crippen molar-refractivity contribution in [3.63, 3.8) is 0 Å². The van der Waals surface area contributed by atoms with E-state index in [4.69, 9.17) is 11.5 Å². The van der Waals surface area contributed by atoms with E-state index < -0.39 is 12.1 Å². The smallest absolute Gasteiger partial charge is 0.404 e. The second kappa shape index (κ2) is 7.05. The fraction of sp³-hybridized carbons (Fsp3) is 0.778. The van der Waals surface area contributed by atoms with Gasteiger partial charge in [0.1, 0.15) is 6.61 Å². The third-order valence-corrected chi connectivity index (χ3v) is 2.21. The van der Waals surface area contributed by atoms with Gasteiger partial charge in [-0.3, -0.25) is 4.79 Å². The molecule has 0 saturated heterocycles. The molecule has 0 aromatic carbocycles. The fourth-order valence-electron chi connectivity index (χ4n) is 0.956. The van der Waals surface area contributed by atoms with E-state index in [0.717, 1.165) is 6.42 Å². The number of ether oxygens (including phenoxy) is 1. The van der Waals surface area contributed by atoms with Crippen LogP contribution in [-0.2, 0) is 9.53 Å². The predicted molar refractivity (Wildman–Crippen MR) is 56.0 cm³/mol. The first-order chi connectivity index (χ1) is 6.99. The Balaban J connectivity index is 3.69. The van der Waals surface area contributed by atoms with Gasteiger partial charge < -0.3 is 21.5 Å². The summed E-state index contributed by atoms with van der Waals surface area (Å²) in [6, 6.07) is -0.524. The lowest BCUT2D eigenvalue weighted by Crippen LogP contribution is -2.45. The quantitative estimate of drug-likeness (QED) is 0.525. The minimum atomic E-state index is -0.851.